The monoisotopic (exact) mass is 385 g/mol. The molecule has 0 spiro atoms. The summed E-state index contributed by atoms with van der Waals surface area (Å²) in [6.45, 7) is 3.84. The molecule has 3 rings (SSSR count). The van der Waals surface area contributed by atoms with Gasteiger partial charge >= 0.3 is 0 Å². The molecule has 0 fully saturated rings. The highest BCUT2D eigenvalue weighted by molar-refractivity contribution is 9.10. The van der Waals surface area contributed by atoms with Crippen molar-refractivity contribution in [2.45, 2.75) is 19.9 Å². The summed E-state index contributed by atoms with van der Waals surface area (Å²) in [4.78, 5) is 12.4. The van der Waals surface area contributed by atoms with Crippen LogP contribution in [-0.2, 0) is 0 Å². The zero-order chi connectivity index (χ0) is 17.1. The van der Waals surface area contributed by atoms with Gasteiger partial charge in [0.25, 0.3) is 5.91 Å². The van der Waals surface area contributed by atoms with Crippen LogP contribution in [0.25, 0.3) is 5.69 Å². The van der Waals surface area contributed by atoms with E-state index in [2.05, 4.69) is 36.8 Å². The molecule has 1 amide bonds. The maximum atomic E-state index is 12.4. The van der Waals surface area contributed by atoms with Gasteiger partial charge in [-0.2, -0.15) is 4.68 Å². The Labute approximate surface area is 148 Å². The number of nitrogens with zero attached hydrogens (tertiary/aromatic N) is 4. The van der Waals surface area contributed by atoms with Crippen molar-refractivity contribution >= 4 is 21.8 Å². The van der Waals surface area contributed by atoms with Crippen molar-refractivity contribution in [3.63, 3.8) is 0 Å². The van der Waals surface area contributed by atoms with E-state index in [9.17, 15) is 4.79 Å². The molecule has 1 aromatic heterocycles. The van der Waals surface area contributed by atoms with Gasteiger partial charge in [-0.05, 0) is 60.7 Å². The number of tetrazole rings is 1. The molecule has 2 aromatic carbocycles. The molecule has 3 aromatic rings. The second kappa shape index (κ2) is 6.92. The number of hydrogen-bond donors (Lipinski definition) is 1. The molecule has 0 aliphatic heterocycles. The first-order valence-electron chi connectivity index (χ1n) is 7.46. The molecule has 1 atom stereocenters. The molecule has 0 radical (unpaired) electrons. The van der Waals surface area contributed by atoms with Crippen molar-refractivity contribution < 1.29 is 4.79 Å². The quantitative estimate of drug-likeness (QED) is 0.747. The summed E-state index contributed by atoms with van der Waals surface area (Å²) in [6, 6.07) is 14.7. The van der Waals surface area contributed by atoms with Gasteiger partial charge in [-0.25, -0.2) is 0 Å². The van der Waals surface area contributed by atoms with Crippen LogP contribution < -0.4 is 5.32 Å². The van der Waals surface area contributed by atoms with Crippen LogP contribution in [0.2, 0.25) is 0 Å². The van der Waals surface area contributed by atoms with Crippen molar-refractivity contribution in [3.05, 3.63) is 70.0 Å². The van der Waals surface area contributed by atoms with Crippen molar-refractivity contribution in [3.8, 4) is 5.69 Å². The maximum Gasteiger partial charge on any atom is 0.251 e. The average Bonchev–Trinajstić information content (AvgIpc) is 3.06. The number of aromatic nitrogens is 4. The summed E-state index contributed by atoms with van der Waals surface area (Å²) < 4.78 is 2.59. The smallest absolute Gasteiger partial charge is 0.251 e. The molecule has 0 aliphatic carbocycles. The summed E-state index contributed by atoms with van der Waals surface area (Å²) in [5, 5.41) is 14.7. The Bertz CT molecular complexity index is 842. The highest BCUT2D eigenvalue weighted by Crippen LogP contribution is 2.17. The summed E-state index contributed by atoms with van der Waals surface area (Å²) in [5.41, 5.74) is 2.54. The Hall–Kier alpha value is -2.54. The summed E-state index contributed by atoms with van der Waals surface area (Å²) in [6.07, 6.45) is 0. The standard InChI is InChI=1S/C17H16BrN5O/c1-11-3-5-13(6-4-11)17(24)19-12(2)16-20-21-22-23(16)15-9-7-14(18)8-10-15/h3-10,12H,1-2H3,(H,19,24). The van der Waals surface area contributed by atoms with Gasteiger partial charge in [0.15, 0.2) is 5.82 Å². The van der Waals surface area contributed by atoms with E-state index in [0.29, 0.717) is 11.4 Å². The van der Waals surface area contributed by atoms with Gasteiger partial charge in [-0.3, -0.25) is 4.79 Å². The third-order valence-corrected chi connectivity index (χ3v) is 4.14. The Morgan fingerprint density at radius 2 is 1.79 bits per heavy atom. The van der Waals surface area contributed by atoms with E-state index in [1.165, 1.54) is 0 Å². The first-order valence-corrected chi connectivity index (χ1v) is 8.25. The van der Waals surface area contributed by atoms with E-state index in [1.807, 2.05) is 50.2 Å². The Balaban J connectivity index is 1.79. The van der Waals surface area contributed by atoms with Crippen LogP contribution in [0.4, 0.5) is 0 Å². The first-order chi connectivity index (χ1) is 11.5. The van der Waals surface area contributed by atoms with Crippen LogP contribution >= 0.6 is 15.9 Å². The molecule has 0 aliphatic rings. The van der Waals surface area contributed by atoms with Gasteiger partial charge in [-0.15, -0.1) is 5.10 Å². The lowest BCUT2D eigenvalue weighted by Crippen LogP contribution is -2.28. The minimum atomic E-state index is -0.336. The number of halogens is 1. The van der Waals surface area contributed by atoms with Gasteiger partial charge in [0.2, 0.25) is 0 Å². The number of nitrogens with one attached hydrogen (secondary N) is 1. The molecular weight excluding hydrogens is 370 g/mol. The van der Waals surface area contributed by atoms with Crippen molar-refractivity contribution in [2.75, 3.05) is 0 Å². The van der Waals surface area contributed by atoms with Crippen LogP contribution in [0.15, 0.2) is 53.0 Å². The van der Waals surface area contributed by atoms with E-state index >= 15 is 0 Å². The molecule has 1 heterocycles. The number of benzene rings is 2. The normalized spacial score (nSPS) is 12.0. The lowest BCUT2D eigenvalue weighted by atomic mass is 10.1. The van der Waals surface area contributed by atoms with Crippen molar-refractivity contribution in [1.29, 1.82) is 0 Å². The third-order valence-electron chi connectivity index (χ3n) is 3.61. The van der Waals surface area contributed by atoms with E-state index in [4.69, 9.17) is 0 Å². The topological polar surface area (TPSA) is 72.7 Å². The molecule has 0 saturated heterocycles. The van der Waals surface area contributed by atoms with Crippen LogP contribution in [0, 0.1) is 6.92 Å². The minimum absolute atomic E-state index is 0.159. The fraction of sp³-hybridized carbons (Fsp3) is 0.176. The number of hydrogen-bond acceptors (Lipinski definition) is 4. The van der Waals surface area contributed by atoms with E-state index in [1.54, 1.807) is 16.8 Å². The van der Waals surface area contributed by atoms with E-state index in [0.717, 1.165) is 15.7 Å². The van der Waals surface area contributed by atoms with Gasteiger partial charge in [0.1, 0.15) is 0 Å². The van der Waals surface area contributed by atoms with Gasteiger partial charge in [0, 0.05) is 10.0 Å². The second-order valence-electron chi connectivity index (χ2n) is 5.49. The summed E-state index contributed by atoms with van der Waals surface area (Å²) >= 11 is 3.40. The molecule has 7 heteroatoms. The largest absolute Gasteiger partial charge is 0.342 e. The highest BCUT2D eigenvalue weighted by Gasteiger charge is 2.18. The lowest BCUT2D eigenvalue weighted by molar-refractivity contribution is 0.0938. The average molecular weight is 386 g/mol. The second-order valence-corrected chi connectivity index (χ2v) is 6.40. The van der Waals surface area contributed by atoms with E-state index in [-0.39, 0.29) is 11.9 Å². The Morgan fingerprint density at radius 3 is 2.46 bits per heavy atom. The number of carbonyl (C=O) groups is 1. The maximum absolute atomic E-state index is 12.4. The van der Waals surface area contributed by atoms with Crippen molar-refractivity contribution in [2.24, 2.45) is 0 Å². The van der Waals surface area contributed by atoms with Crippen LogP contribution in [0.5, 0.6) is 0 Å². The molecule has 6 nitrogen and oxygen atoms in total. The van der Waals surface area contributed by atoms with E-state index < -0.39 is 0 Å². The number of rotatable bonds is 4. The summed E-state index contributed by atoms with van der Waals surface area (Å²) in [5.74, 6) is 0.408. The molecule has 24 heavy (non-hydrogen) atoms. The van der Waals surface area contributed by atoms with Gasteiger partial charge < -0.3 is 5.32 Å². The van der Waals surface area contributed by atoms with Crippen LogP contribution in [0.1, 0.15) is 34.7 Å². The predicted molar refractivity (Wildman–Crippen MR) is 93.9 cm³/mol. The van der Waals surface area contributed by atoms with Gasteiger partial charge in [-0.1, -0.05) is 33.6 Å². The molecular formula is C17H16BrN5O. The number of aryl methyl sites for hydroxylation is 1. The van der Waals surface area contributed by atoms with Crippen LogP contribution in [-0.4, -0.2) is 26.1 Å². The fourth-order valence-electron chi connectivity index (χ4n) is 2.28. The number of carbonyl (C=O) groups excluding carboxylic acids is 1. The van der Waals surface area contributed by atoms with Crippen LogP contribution in [0.3, 0.4) is 0 Å². The Kier molecular flexibility index (Phi) is 4.71. The third kappa shape index (κ3) is 3.51. The Morgan fingerprint density at radius 1 is 1.12 bits per heavy atom. The molecule has 122 valence electrons. The molecule has 0 saturated carbocycles. The first kappa shape index (κ1) is 16.3. The van der Waals surface area contributed by atoms with Crippen molar-refractivity contribution in [1.82, 2.24) is 25.5 Å². The fourth-order valence-corrected chi connectivity index (χ4v) is 2.54. The zero-order valence-corrected chi connectivity index (χ0v) is 14.9. The SMILES string of the molecule is Cc1ccc(C(=O)NC(C)c2nnnn2-c2ccc(Br)cc2)cc1. The highest BCUT2D eigenvalue weighted by atomic mass is 79.9. The molecule has 1 unspecified atom stereocenters. The lowest BCUT2D eigenvalue weighted by Gasteiger charge is -2.14. The zero-order valence-electron chi connectivity index (χ0n) is 13.3. The summed E-state index contributed by atoms with van der Waals surface area (Å²) in [7, 11) is 0. The molecule has 0 bridgehead atoms. The number of amides is 1. The predicted octanol–water partition coefficient (Wildman–Crippen LogP) is 3.22. The minimum Gasteiger partial charge on any atom is -0.342 e. The van der Waals surface area contributed by atoms with Gasteiger partial charge in [0.05, 0.1) is 11.7 Å². The molecule has 1 N–H and O–H groups in total.